The van der Waals surface area contributed by atoms with Gasteiger partial charge in [-0.15, -0.1) is 10.2 Å². The predicted octanol–water partition coefficient (Wildman–Crippen LogP) is 4.62. The Kier molecular flexibility index (Phi) is 6.03. The number of rotatable bonds is 6. The number of benzene rings is 2. The molecule has 0 bridgehead atoms. The lowest BCUT2D eigenvalue weighted by molar-refractivity contribution is 0.262. The lowest BCUT2D eigenvalue weighted by atomic mass is 10.2. The number of aromatic nitrogens is 2. The van der Waals surface area contributed by atoms with Crippen molar-refractivity contribution in [3.63, 3.8) is 0 Å². The van der Waals surface area contributed by atoms with E-state index in [4.69, 9.17) is 4.74 Å². The van der Waals surface area contributed by atoms with Crippen LogP contribution in [-0.4, -0.2) is 23.3 Å². The Morgan fingerprint density at radius 3 is 2.85 bits per heavy atom. The van der Waals surface area contributed by atoms with Gasteiger partial charge in [-0.05, 0) is 23.8 Å². The van der Waals surface area contributed by atoms with Crippen molar-refractivity contribution in [3.8, 4) is 5.75 Å². The van der Waals surface area contributed by atoms with E-state index in [1.165, 1.54) is 29.2 Å². The summed E-state index contributed by atoms with van der Waals surface area (Å²) in [6.07, 6.45) is 0. The lowest BCUT2D eigenvalue weighted by Gasteiger charge is -2.06. The lowest BCUT2D eigenvalue weighted by Crippen LogP contribution is -2.19. The van der Waals surface area contributed by atoms with E-state index in [1.807, 2.05) is 0 Å². The molecule has 2 amide bonds. The van der Waals surface area contributed by atoms with Crippen LogP contribution in [0, 0.1) is 5.82 Å². The first-order valence-electron chi connectivity index (χ1n) is 7.56. The van der Waals surface area contributed by atoms with Gasteiger partial charge in [0.15, 0.2) is 4.34 Å². The van der Waals surface area contributed by atoms with E-state index >= 15 is 0 Å². The van der Waals surface area contributed by atoms with Gasteiger partial charge in [-0.25, -0.2) is 9.18 Å². The molecule has 0 aliphatic heterocycles. The number of halogens is 1. The SMILES string of the molecule is COc1cccc(NC(=O)Nc2nnc(SCc3ccccc3F)s2)c1. The Balaban J connectivity index is 1.54. The first-order valence-corrected chi connectivity index (χ1v) is 9.36. The summed E-state index contributed by atoms with van der Waals surface area (Å²) in [6.45, 7) is 0. The van der Waals surface area contributed by atoms with Gasteiger partial charge < -0.3 is 10.1 Å². The van der Waals surface area contributed by atoms with Crippen LogP contribution in [0.5, 0.6) is 5.75 Å². The second kappa shape index (κ2) is 8.63. The molecule has 0 spiro atoms. The van der Waals surface area contributed by atoms with Crippen molar-refractivity contribution >= 4 is 39.9 Å². The third-order valence-corrected chi connectivity index (χ3v) is 5.28. The number of hydrogen-bond acceptors (Lipinski definition) is 6. The molecular weight excluding hydrogens is 375 g/mol. The number of ether oxygens (including phenoxy) is 1. The molecule has 1 aromatic heterocycles. The van der Waals surface area contributed by atoms with Gasteiger partial charge in [0.25, 0.3) is 0 Å². The molecule has 2 aromatic carbocycles. The van der Waals surface area contributed by atoms with Crippen molar-refractivity contribution < 1.29 is 13.9 Å². The van der Waals surface area contributed by atoms with E-state index in [0.29, 0.717) is 32.2 Å². The summed E-state index contributed by atoms with van der Waals surface area (Å²) in [5, 5.41) is 13.6. The van der Waals surface area contributed by atoms with Gasteiger partial charge in [0, 0.05) is 17.5 Å². The maximum atomic E-state index is 13.6. The molecular formula is C17H15FN4O2S2. The Labute approximate surface area is 157 Å². The number of carbonyl (C=O) groups is 1. The predicted molar refractivity (Wildman–Crippen MR) is 102 cm³/mol. The molecule has 2 N–H and O–H groups in total. The molecule has 0 atom stereocenters. The molecule has 0 aliphatic carbocycles. The van der Waals surface area contributed by atoms with Crippen molar-refractivity contribution in [1.82, 2.24) is 10.2 Å². The Hall–Kier alpha value is -2.65. The number of nitrogens with one attached hydrogen (secondary N) is 2. The molecule has 0 radical (unpaired) electrons. The molecule has 0 unspecified atom stereocenters. The minimum Gasteiger partial charge on any atom is -0.497 e. The smallest absolute Gasteiger partial charge is 0.325 e. The second-order valence-corrected chi connectivity index (χ2v) is 7.26. The van der Waals surface area contributed by atoms with Crippen LogP contribution in [0.1, 0.15) is 5.56 Å². The second-order valence-electron chi connectivity index (χ2n) is 5.06. The maximum Gasteiger partial charge on any atom is 0.325 e. The molecule has 0 fully saturated rings. The largest absolute Gasteiger partial charge is 0.497 e. The van der Waals surface area contributed by atoms with Crippen molar-refractivity contribution in [1.29, 1.82) is 0 Å². The number of anilines is 2. The standard InChI is InChI=1S/C17H15FN4O2S2/c1-24-13-7-4-6-12(9-13)19-15(23)20-16-21-22-17(26-16)25-10-11-5-2-3-8-14(11)18/h2-9H,10H2,1H3,(H2,19,20,21,23). The highest BCUT2D eigenvalue weighted by Crippen LogP contribution is 2.29. The quantitative estimate of drug-likeness (QED) is 0.474. The summed E-state index contributed by atoms with van der Waals surface area (Å²) in [6, 6.07) is 13.2. The number of nitrogens with zero attached hydrogens (tertiary/aromatic N) is 2. The summed E-state index contributed by atoms with van der Waals surface area (Å²) in [5.41, 5.74) is 1.19. The van der Waals surface area contributed by atoms with Gasteiger partial charge >= 0.3 is 6.03 Å². The van der Waals surface area contributed by atoms with Gasteiger partial charge in [0.1, 0.15) is 11.6 Å². The fourth-order valence-corrected chi connectivity index (χ4v) is 3.77. The normalized spacial score (nSPS) is 10.4. The van der Waals surface area contributed by atoms with Gasteiger partial charge in [-0.2, -0.15) is 0 Å². The van der Waals surface area contributed by atoms with Crippen LogP contribution in [0.25, 0.3) is 0 Å². The van der Waals surface area contributed by atoms with E-state index in [0.717, 1.165) is 0 Å². The van der Waals surface area contributed by atoms with Crippen LogP contribution in [0.4, 0.5) is 20.0 Å². The number of urea groups is 1. The monoisotopic (exact) mass is 390 g/mol. The van der Waals surface area contributed by atoms with E-state index in [9.17, 15) is 9.18 Å². The topological polar surface area (TPSA) is 76.1 Å². The van der Waals surface area contributed by atoms with Crippen LogP contribution in [0.15, 0.2) is 52.9 Å². The molecule has 134 valence electrons. The maximum absolute atomic E-state index is 13.6. The minimum atomic E-state index is -0.431. The summed E-state index contributed by atoms with van der Waals surface area (Å²) >= 11 is 2.59. The zero-order valence-electron chi connectivity index (χ0n) is 13.7. The molecule has 26 heavy (non-hydrogen) atoms. The number of carbonyl (C=O) groups excluding carboxylic acids is 1. The Morgan fingerprint density at radius 2 is 2.04 bits per heavy atom. The van der Waals surface area contributed by atoms with Crippen molar-refractivity contribution in [2.75, 3.05) is 17.7 Å². The highest BCUT2D eigenvalue weighted by molar-refractivity contribution is 8.00. The summed E-state index contributed by atoms with van der Waals surface area (Å²) in [4.78, 5) is 12.0. The number of amides is 2. The third kappa shape index (κ3) is 4.93. The highest BCUT2D eigenvalue weighted by Gasteiger charge is 2.10. The first kappa shape index (κ1) is 18.2. The molecule has 3 rings (SSSR count). The number of methoxy groups -OCH3 is 1. The summed E-state index contributed by atoms with van der Waals surface area (Å²) in [7, 11) is 1.56. The van der Waals surface area contributed by atoms with Gasteiger partial charge in [-0.3, -0.25) is 5.32 Å². The van der Waals surface area contributed by atoms with Crippen molar-refractivity contribution in [2.24, 2.45) is 0 Å². The molecule has 3 aromatic rings. The Morgan fingerprint density at radius 1 is 1.19 bits per heavy atom. The zero-order chi connectivity index (χ0) is 18.4. The number of hydrogen-bond donors (Lipinski definition) is 2. The van der Waals surface area contributed by atoms with E-state index in [1.54, 1.807) is 49.6 Å². The van der Waals surface area contributed by atoms with Crippen LogP contribution in [0.3, 0.4) is 0 Å². The zero-order valence-corrected chi connectivity index (χ0v) is 15.4. The summed E-state index contributed by atoms with van der Waals surface area (Å²) in [5.74, 6) is 0.836. The highest BCUT2D eigenvalue weighted by atomic mass is 32.2. The van der Waals surface area contributed by atoms with Crippen LogP contribution < -0.4 is 15.4 Å². The average Bonchev–Trinajstić information content (AvgIpc) is 3.08. The summed E-state index contributed by atoms with van der Waals surface area (Å²) < 4.78 is 19.4. The average molecular weight is 390 g/mol. The van der Waals surface area contributed by atoms with Crippen LogP contribution in [0.2, 0.25) is 0 Å². The minimum absolute atomic E-state index is 0.250. The molecule has 0 saturated carbocycles. The number of thioether (sulfide) groups is 1. The Bertz CT molecular complexity index is 904. The van der Waals surface area contributed by atoms with E-state index < -0.39 is 6.03 Å². The van der Waals surface area contributed by atoms with Gasteiger partial charge in [-0.1, -0.05) is 47.4 Å². The fraction of sp³-hybridized carbons (Fsp3) is 0.118. The van der Waals surface area contributed by atoms with Crippen LogP contribution in [-0.2, 0) is 5.75 Å². The third-order valence-electron chi connectivity index (χ3n) is 3.26. The molecule has 0 saturated heterocycles. The van der Waals surface area contributed by atoms with E-state index in [2.05, 4.69) is 20.8 Å². The van der Waals surface area contributed by atoms with E-state index in [-0.39, 0.29) is 5.82 Å². The van der Waals surface area contributed by atoms with Gasteiger partial charge in [0.05, 0.1) is 7.11 Å². The van der Waals surface area contributed by atoms with Crippen LogP contribution >= 0.6 is 23.1 Å². The van der Waals surface area contributed by atoms with Crippen molar-refractivity contribution in [2.45, 2.75) is 10.1 Å². The van der Waals surface area contributed by atoms with Gasteiger partial charge in [0.2, 0.25) is 5.13 Å². The first-order chi connectivity index (χ1) is 12.6. The molecule has 1 heterocycles. The molecule has 0 aliphatic rings. The molecule has 9 heteroatoms. The van der Waals surface area contributed by atoms with Crippen molar-refractivity contribution in [3.05, 3.63) is 59.9 Å². The fourth-order valence-electron chi connectivity index (χ4n) is 2.03. The molecule has 6 nitrogen and oxygen atoms in total.